The van der Waals surface area contributed by atoms with E-state index >= 15 is 0 Å². The van der Waals surface area contributed by atoms with Crippen molar-refractivity contribution in [3.63, 3.8) is 0 Å². The van der Waals surface area contributed by atoms with Gasteiger partial charge in [-0.3, -0.25) is 0 Å². The maximum absolute atomic E-state index is 4.76. The van der Waals surface area contributed by atoms with Gasteiger partial charge in [-0.15, -0.1) is 10.2 Å². The first-order valence-electron chi connectivity index (χ1n) is 4.18. The van der Waals surface area contributed by atoms with Crippen LogP contribution in [0.1, 0.15) is 40.5 Å². The summed E-state index contributed by atoms with van der Waals surface area (Å²) in [5.41, 5.74) is 0. The highest BCUT2D eigenvalue weighted by Gasteiger charge is 1.88. The molecule has 1 rings (SSSR count). The van der Waals surface area contributed by atoms with Gasteiger partial charge in [-0.25, -0.2) is 0 Å². The van der Waals surface area contributed by atoms with Crippen molar-refractivity contribution in [1.29, 1.82) is 0 Å². The molecule has 0 N–H and O–H groups in total. The van der Waals surface area contributed by atoms with Gasteiger partial charge in [0.25, 0.3) is 0 Å². The van der Waals surface area contributed by atoms with Crippen LogP contribution in [0.2, 0.25) is 0 Å². The first-order chi connectivity index (χ1) is 5.43. The Kier molecular flexibility index (Phi) is 13.8. The van der Waals surface area contributed by atoms with Crippen molar-refractivity contribution in [2.45, 2.75) is 41.0 Å². The molecular weight excluding hydrogens is 140 g/mol. The predicted octanol–water partition coefficient (Wildman–Crippen LogP) is 2.68. The molecule has 1 aromatic heterocycles. The van der Waals surface area contributed by atoms with Crippen molar-refractivity contribution >= 4 is 0 Å². The van der Waals surface area contributed by atoms with Crippen LogP contribution < -0.4 is 0 Å². The van der Waals surface area contributed by atoms with Gasteiger partial charge in [0.15, 0.2) is 0 Å². The normalized spacial score (nSPS) is 7.00. The first kappa shape index (κ1) is 12.8. The van der Waals surface area contributed by atoms with Crippen molar-refractivity contribution in [1.82, 2.24) is 10.2 Å². The van der Waals surface area contributed by atoms with Crippen LogP contribution >= 0.6 is 0 Å². The fraction of sp³-hybridized carbons (Fsp3) is 0.750. The lowest BCUT2D eigenvalue weighted by Crippen LogP contribution is -1.75. The van der Waals surface area contributed by atoms with Gasteiger partial charge in [-0.1, -0.05) is 34.6 Å². The second-order valence-corrected chi connectivity index (χ2v) is 1.19. The van der Waals surface area contributed by atoms with E-state index in [1.54, 1.807) is 0 Å². The van der Waals surface area contributed by atoms with Crippen LogP contribution in [0, 0.1) is 0 Å². The third-order valence-electron chi connectivity index (χ3n) is 0.708. The Morgan fingerprint density at radius 2 is 1.82 bits per heavy atom. The Bertz CT molecular complexity index is 127. The van der Waals surface area contributed by atoms with Gasteiger partial charge in [0.1, 0.15) is 0 Å². The molecule has 0 radical (unpaired) electrons. The van der Waals surface area contributed by atoms with Gasteiger partial charge in [-0.2, -0.15) is 0 Å². The monoisotopic (exact) mass is 158 g/mol. The third kappa shape index (κ3) is 7.03. The molecule has 0 saturated carbocycles. The van der Waals surface area contributed by atoms with Crippen molar-refractivity contribution in [2.75, 3.05) is 0 Å². The third-order valence-corrected chi connectivity index (χ3v) is 0.708. The zero-order valence-corrected chi connectivity index (χ0v) is 8.09. The average molecular weight is 158 g/mol. The van der Waals surface area contributed by atoms with E-state index in [1.165, 1.54) is 6.39 Å². The molecular formula is C8H18N2O. The van der Waals surface area contributed by atoms with Crippen molar-refractivity contribution in [3.05, 3.63) is 12.3 Å². The van der Waals surface area contributed by atoms with Crippen LogP contribution in [0.15, 0.2) is 10.8 Å². The minimum Gasteiger partial charge on any atom is -0.428 e. The molecule has 0 aliphatic heterocycles. The van der Waals surface area contributed by atoms with E-state index in [9.17, 15) is 0 Å². The van der Waals surface area contributed by atoms with Crippen molar-refractivity contribution in [2.24, 2.45) is 0 Å². The fourth-order valence-electron chi connectivity index (χ4n) is 0.350. The molecule has 11 heavy (non-hydrogen) atoms. The molecule has 0 saturated heterocycles. The highest BCUT2D eigenvalue weighted by atomic mass is 16.4. The van der Waals surface area contributed by atoms with Gasteiger partial charge in [0.05, 0.1) is 0 Å². The summed E-state index contributed by atoms with van der Waals surface area (Å²) < 4.78 is 4.76. The van der Waals surface area contributed by atoms with Gasteiger partial charge < -0.3 is 4.42 Å². The lowest BCUT2D eigenvalue weighted by atomic mass is 10.5. The van der Waals surface area contributed by atoms with Crippen LogP contribution in [-0.4, -0.2) is 10.2 Å². The Balaban J connectivity index is 0. The second-order valence-electron chi connectivity index (χ2n) is 1.19. The summed E-state index contributed by atoms with van der Waals surface area (Å²) in [7, 11) is 0. The van der Waals surface area contributed by atoms with Gasteiger partial charge in [0, 0.05) is 6.42 Å². The van der Waals surface area contributed by atoms with Crippen LogP contribution in [-0.2, 0) is 6.42 Å². The summed E-state index contributed by atoms with van der Waals surface area (Å²) in [5.74, 6) is 0.694. The fourth-order valence-corrected chi connectivity index (χ4v) is 0.350. The Morgan fingerprint density at radius 3 is 2.00 bits per heavy atom. The number of aromatic nitrogens is 2. The van der Waals surface area contributed by atoms with E-state index in [0.29, 0.717) is 5.89 Å². The summed E-state index contributed by atoms with van der Waals surface area (Å²) in [4.78, 5) is 0. The van der Waals surface area contributed by atoms with E-state index in [-0.39, 0.29) is 0 Å². The van der Waals surface area contributed by atoms with E-state index in [4.69, 9.17) is 4.42 Å². The maximum atomic E-state index is 4.76. The quantitative estimate of drug-likeness (QED) is 0.630. The smallest absolute Gasteiger partial charge is 0.215 e. The van der Waals surface area contributed by atoms with E-state index in [1.807, 2.05) is 34.6 Å². The largest absolute Gasteiger partial charge is 0.428 e. The number of aryl methyl sites for hydroxylation is 1. The molecule has 0 aliphatic carbocycles. The SMILES string of the molecule is CC.CC.CCc1nnco1. The van der Waals surface area contributed by atoms with Gasteiger partial charge in [-0.05, 0) is 0 Å². The van der Waals surface area contributed by atoms with Gasteiger partial charge in [0.2, 0.25) is 12.3 Å². The molecule has 0 amide bonds. The topological polar surface area (TPSA) is 38.9 Å². The number of rotatable bonds is 1. The highest BCUT2D eigenvalue weighted by molar-refractivity contribution is 4.68. The molecule has 0 spiro atoms. The molecule has 1 aromatic rings. The average Bonchev–Trinajstić information content (AvgIpc) is 2.63. The molecule has 3 nitrogen and oxygen atoms in total. The van der Waals surface area contributed by atoms with Crippen LogP contribution in [0.3, 0.4) is 0 Å². The molecule has 1 heterocycles. The lowest BCUT2D eigenvalue weighted by Gasteiger charge is -1.74. The van der Waals surface area contributed by atoms with Crippen LogP contribution in [0.25, 0.3) is 0 Å². The van der Waals surface area contributed by atoms with Gasteiger partial charge >= 0.3 is 0 Å². The predicted molar refractivity (Wildman–Crippen MR) is 46.4 cm³/mol. The molecule has 0 unspecified atom stereocenters. The number of nitrogens with zero attached hydrogens (tertiary/aromatic N) is 2. The maximum Gasteiger partial charge on any atom is 0.215 e. The van der Waals surface area contributed by atoms with E-state index in [2.05, 4.69) is 10.2 Å². The number of hydrogen-bond donors (Lipinski definition) is 0. The summed E-state index contributed by atoms with van der Waals surface area (Å²) >= 11 is 0. The Hall–Kier alpha value is -0.860. The van der Waals surface area contributed by atoms with E-state index < -0.39 is 0 Å². The summed E-state index contributed by atoms with van der Waals surface area (Å²) in [6.45, 7) is 9.97. The lowest BCUT2D eigenvalue weighted by molar-refractivity contribution is 0.500. The zero-order valence-electron chi connectivity index (χ0n) is 8.09. The molecule has 3 heteroatoms. The molecule has 0 aromatic carbocycles. The standard InChI is InChI=1S/C4H6N2O.2C2H6/c1-2-4-6-5-3-7-4;2*1-2/h3H,2H2,1H3;2*1-2H3. The summed E-state index contributed by atoms with van der Waals surface area (Å²) in [6.07, 6.45) is 2.15. The van der Waals surface area contributed by atoms with Crippen molar-refractivity contribution < 1.29 is 4.42 Å². The summed E-state index contributed by atoms with van der Waals surface area (Å²) in [5, 5.41) is 7.09. The molecule has 0 aliphatic rings. The Labute approximate surface area is 68.8 Å². The highest BCUT2D eigenvalue weighted by Crippen LogP contribution is 1.88. The van der Waals surface area contributed by atoms with E-state index in [0.717, 1.165) is 6.42 Å². The second kappa shape index (κ2) is 11.9. The molecule has 0 fully saturated rings. The first-order valence-corrected chi connectivity index (χ1v) is 4.18. The van der Waals surface area contributed by atoms with Crippen LogP contribution in [0.5, 0.6) is 0 Å². The van der Waals surface area contributed by atoms with Crippen molar-refractivity contribution in [3.8, 4) is 0 Å². The Morgan fingerprint density at radius 1 is 1.27 bits per heavy atom. The zero-order chi connectivity index (χ0) is 9.11. The summed E-state index contributed by atoms with van der Waals surface area (Å²) in [6, 6.07) is 0. The minimum absolute atomic E-state index is 0.694. The van der Waals surface area contributed by atoms with Crippen LogP contribution in [0.4, 0.5) is 0 Å². The minimum atomic E-state index is 0.694. The number of hydrogen-bond acceptors (Lipinski definition) is 3. The molecule has 0 bridgehead atoms. The molecule has 0 atom stereocenters. The molecule has 66 valence electrons.